The molecule has 5 fully saturated rings. The maximum absolute atomic E-state index is 13.3. The molecule has 1 heterocycles. The minimum absolute atomic E-state index is 0.0923. The maximum Gasteiger partial charge on any atom is 0.230 e. The van der Waals surface area contributed by atoms with Gasteiger partial charge in [-0.15, -0.1) is 0 Å². The van der Waals surface area contributed by atoms with E-state index in [4.69, 9.17) is 4.98 Å². The van der Waals surface area contributed by atoms with Crippen LogP contribution in [-0.4, -0.2) is 15.9 Å². The van der Waals surface area contributed by atoms with Gasteiger partial charge in [0.25, 0.3) is 0 Å². The van der Waals surface area contributed by atoms with E-state index < -0.39 is 0 Å². The highest BCUT2D eigenvalue weighted by atomic mass is 16.2. The Bertz CT molecular complexity index is 872. The molecule has 7 rings (SSSR count). The molecule has 1 aromatic carbocycles. The second kappa shape index (κ2) is 6.33. The highest BCUT2D eigenvalue weighted by molar-refractivity contribution is 5.97. The van der Waals surface area contributed by atoms with E-state index in [0.717, 1.165) is 59.6 Å². The van der Waals surface area contributed by atoms with Gasteiger partial charge in [-0.05, 0) is 87.3 Å². The van der Waals surface area contributed by atoms with Crippen LogP contribution in [0.4, 0.5) is 5.69 Å². The lowest BCUT2D eigenvalue weighted by atomic mass is 9.49. The number of H-pyrrole nitrogens is 1. The van der Waals surface area contributed by atoms with Gasteiger partial charge in [0.1, 0.15) is 5.82 Å². The highest BCUT2D eigenvalue weighted by Gasteiger charge is 2.54. The molecule has 4 heteroatoms. The number of aromatic amines is 1. The number of carbonyl (C=O) groups is 1. The molecular formula is C24H31N3O. The van der Waals surface area contributed by atoms with E-state index in [2.05, 4.69) is 22.4 Å². The summed E-state index contributed by atoms with van der Waals surface area (Å²) in [7, 11) is 0. The van der Waals surface area contributed by atoms with E-state index in [9.17, 15) is 4.79 Å². The fraction of sp³-hybridized carbons (Fsp3) is 0.667. The van der Waals surface area contributed by atoms with Crippen LogP contribution in [0.25, 0.3) is 11.0 Å². The molecule has 5 saturated carbocycles. The van der Waals surface area contributed by atoms with Crippen molar-refractivity contribution < 1.29 is 4.79 Å². The summed E-state index contributed by atoms with van der Waals surface area (Å²) in [5, 5.41) is 3.29. The Morgan fingerprint density at radius 2 is 1.68 bits per heavy atom. The zero-order valence-corrected chi connectivity index (χ0v) is 16.7. The topological polar surface area (TPSA) is 57.8 Å². The lowest BCUT2D eigenvalue weighted by Gasteiger charge is -2.55. The minimum Gasteiger partial charge on any atom is -0.342 e. The zero-order chi connectivity index (χ0) is 18.7. The number of rotatable bonds is 3. The summed E-state index contributed by atoms with van der Waals surface area (Å²) >= 11 is 0. The number of imidazole rings is 1. The minimum atomic E-state index is -0.0923. The molecule has 5 aliphatic carbocycles. The van der Waals surface area contributed by atoms with Crippen LogP contribution in [0.15, 0.2) is 18.2 Å². The van der Waals surface area contributed by atoms with Gasteiger partial charge in [-0.25, -0.2) is 4.98 Å². The van der Waals surface area contributed by atoms with E-state index in [1.54, 1.807) is 0 Å². The molecule has 0 radical (unpaired) electrons. The van der Waals surface area contributed by atoms with Crippen molar-refractivity contribution in [1.29, 1.82) is 0 Å². The van der Waals surface area contributed by atoms with Crippen molar-refractivity contribution in [2.24, 2.45) is 23.2 Å². The molecule has 4 nitrogen and oxygen atoms in total. The van der Waals surface area contributed by atoms with Gasteiger partial charge in [-0.2, -0.15) is 0 Å². The fourth-order valence-electron chi connectivity index (χ4n) is 7.33. The Kier molecular flexibility index (Phi) is 3.86. The molecule has 4 bridgehead atoms. The summed E-state index contributed by atoms with van der Waals surface area (Å²) in [5.41, 5.74) is 2.91. The van der Waals surface area contributed by atoms with Crippen molar-refractivity contribution in [2.75, 3.05) is 5.32 Å². The van der Waals surface area contributed by atoms with Gasteiger partial charge in [-0.1, -0.05) is 19.3 Å². The number of benzene rings is 1. The quantitative estimate of drug-likeness (QED) is 0.714. The van der Waals surface area contributed by atoms with Gasteiger partial charge in [0, 0.05) is 11.6 Å². The first-order valence-electron chi connectivity index (χ1n) is 11.5. The number of carbonyl (C=O) groups excluding carboxylic acids is 1. The van der Waals surface area contributed by atoms with Crippen LogP contribution in [0.5, 0.6) is 0 Å². The van der Waals surface area contributed by atoms with Crippen molar-refractivity contribution in [3.63, 3.8) is 0 Å². The number of amides is 1. The monoisotopic (exact) mass is 377 g/mol. The zero-order valence-electron chi connectivity index (χ0n) is 16.7. The van der Waals surface area contributed by atoms with Gasteiger partial charge in [-0.3, -0.25) is 4.79 Å². The van der Waals surface area contributed by atoms with Crippen LogP contribution in [0.2, 0.25) is 0 Å². The van der Waals surface area contributed by atoms with Gasteiger partial charge < -0.3 is 10.3 Å². The number of hydrogen-bond acceptors (Lipinski definition) is 2. The number of nitrogens with zero attached hydrogens (tertiary/aromatic N) is 1. The van der Waals surface area contributed by atoms with Crippen molar-refractivity contribution in [2.45, 2.75) is 76.5 Å². The van der Waals surface area contributed by atoms with Crippen molar-refractivity contribution in [3.8, 4) is 0 Å². The lowest BCUT2D eigenvalue weighted by molar-refractivity contribution is -0.140. The van der Waals surface area contributed by atoms with Gasteiger partial charge >= 0.3 is 0 Å². The first kappa shape index (κ1) is 17.1. The molecule has 2 N–H and O–H groups in total. The van der Waals surface area contributed by atoms with Crippen molar-refractivity contribution in [3.05, 3.63) is 24.0 Å². The predicted octanol–water partition coefficient (Wildman–Crippen LogP) is 5.77. The maximum atomic E-state index is 13.3. The molecule has 5 aliphatic rings. The summed E-state index contributed by atoms with van der Waals surface area (Å²) in [6.45, 7) is 0. The van der Waals surface area contributed by atoms with Gasteiger partial charge in [0.15, 0.2) is 0 Å². The average Bonchev–Trinajstić information content (AvgIpc) is 3.11. The third kappa shape index (κ3) is 2.79. The SMILES string of the molecule is O=C(Nc1ccc2nc(C3CCCCC3)[nH]c2c1)C12CC3CC(CC(C3)C1)C2. The summed E-state index contributed by atoms with van der Waals surface area (Å²) in [4.78, 5) is 21.7. The number of fused-ring (bicyclic) bond motifs is 1. The summed E-state index contributed by atoms with van der Waals surface area (Å²) in [6.07, 6.45) is 13.9. The summed E-state index contributed by atoms with van der Waals surface area (Å²) in [6, 6.07) is 6.19. The number of aromatic nitrogens is 2. The van der Waals surface area contributed by atoms with Gasteiger partial charge in [0.2, 0.25) is 5.91 Å². The standard InChI is InChI=1S/C24H31N3O/c28-23(24-12-15-8-16(13-24)10-17(9-15)14-24)25-19-6-7-20-21(11-19)27-22(26-20)18-4-2-1-3-5-18/h6-7,11,15-18H,1-5,8-10,12-14H2,(H,25,28)(H,26,27). The molecule has 0 unspecified atom stereocenters. The summed E-state index contributed by atoms with van der Waals surface area (Å²) < 4.78 is 0. The molecule has 0 saturated heterocycles. The third-order valence-corrected chi connectivity index (χ3v) is 8.27. The molecule has 148 valence electrons. The molecule has 2 aromatic rings. The van der Waals surface area contributed by atoms with Crippen LogP contribution in [-0.2, 0) is 4.79 Å². The van der Waals surface area contributed by atoms with Crippen molar-refractivity contribution >= 4 is 22.6 Å². The third-order valence-electron chi connectivity index (χ3n) is 8.27. The second-order valence-electron chi connectivity index (χ2n) is 10.3. The van der Waals surface area contributed by atoms with Crippen molar-refractivity contribution in [1.82, 2.24) is 9.97 Å². The molecule has 0 spiro atoms. The first-order valence-corrected chi connectivity index (χ1v) is 11.5. The van der Waals surface area contributed by atoms with Crippen LogP contribution >= 0.6 is 0 Å². The highest BCUT2D eigenvalue weighted by Crippen LogP contribution is 2.60. The molecular weight excluding hydrogens is 346 g/mol. The average molecular weight is 378 g/mol. The number of anilines is 1. The molecule has 28 heavy (non-hydrogen) atoms. The van der Waals surface area contributed by atoms with Crippen LogP contribution in [0.1, 0.15) is 82.4 Å². The van der Waals surface area contributed by atoms with E-state index in [-0.39, 0.29) is 11.3 Å². The lowest BCUT2D eigenvalue weighted by Crippen LogP contribution is -2.51. The van der Waals surface area contributed by atoms with Gasteiger partial charge in [0.05, 0.1) is 16.4 Å². The Labute approximate surface area is 166 Å². The van der Waals surface area contributed by atoms with E-state index >= 15 is 0 Å². The molecule has 1 amide bonds. The van der Waals surface area contributed by atoms with E-state index in [1.165, 1.54) is 51.4 Å². The van der Waals surface area contributed by atoms with Crippen LogP contribution in [0, 0.1) is 23.2 Å². The molecule has 0 aliphatic heterocycles. The molecule has 0 atom stereocenters. The Morgan fingerprint density at radius 3 is 2.36 bits per heavy atom. The Hall–Kier alpha value is -1.84. The summed E-state index contributed by atoms with van der Waals surface area (Å²) in [5.74, 6) is 4.38. The number of hydrogen-bond donors (Lipinski definition) is 2. The normalized spacial score (nSPS) is 34.8. The fourth-order valence-corrected chi connectivity index (χ4v) is 7.33. The van der Waals surface area contributed by atoms with Crippen LogP contribution in [0.3, 0.4) is 0 Å². The first-order chi connectivity index (χ1) is 13.7. The number of nitrogens with one attached hydrogen (secondary N) is 2. The van der Waals surface area contributed by atoms with Crippen LogP contribution < -0.4 is 5.32 Å². The Balaban J connectivity index is 1.23. The largest absolute Gasteiger partial charge is 0.342 e. The Morgan fingerprint density at radius 1 is 1.00 bits per heavy atom. The smallest absolute Gasteiger partial charge is 0.230 e. The second-order valence-corrected chi connectivity index (χ2v) is 10.3. The van der Waals surface area contributed by atoms with E-state index in [1.807, 2.05) is 6.07 Å². The predicted molar refractivity (Wildman–Crippen MR) is 111 cm³/mol. The van der Waals surface area contributed by atoms with E-state index in [0.29, 0.717) is 5.92 Å². The molecule has 1 aromatic heterocycles.